The number of halogens is 1. The van der Waals surface area contributed by atoms with Gasteiger partial charge in [0.15, 0.2) is 28.5 Å². The van der Waals surface area contributed by atoms with Crippen LogP contribution >= 0.6 is 33.2 Å². The van der Waals surface area contributed by atoms with Gasteiger partial charge in [0.05, 0.1) is 47.6 Å². The first kappa shape index (κ1) is 72.9. The number of anilines is 2. The van der Waals surface area contributed by atoms with E-state index in [1.165, 1.54) is 34.7 Å². The number of Topliss-reactive ketones (excluding diaryl/α,β-unsaturated/α-hetero) is 3. The molecule has 0 aliphatic carbocycles. The smallest absolute Gasteiger partial charge is 0.308 e. The Balaban J connectivity index is 0.000000240. The molecular weight excluding hydrogens is 1340 g/mol. The van der Waals surface area contributed by atoms with Crippen molar-refractivity contribution in [2.45, 2.75) is 76.3 Å². The summed E-state index contributed by atoms with van der Waals surface area (Å²) in [5.74, 6) is -8.47. The first-order valence-corrected chi connectivity index (χ1v) is 34.4. The molecule has 5 atom stereocenters. The molecule has 0 fully saturated rings. The van der Waals surface area contributed by atoms with Gasteiger partial charge in [-0.05, 0) is 78.7 Å². The number of hydrogen-bond acceptors (Lipinski definition) is 20. The molecule has 30 heteroatoms. The monoisotopic (exact) mass is 1410 g/mol. The second-order valence-corrected chi connectivity index (χ2v) is 26.5. The van der Waals surface area contributed by atoms with Crippen molar-refractivity contribution in [3.8, 4) is 5.75 Å². The molecule has 1 aliphatic rings. The number of carboxylic acid groups (broad SMARTS) is 3. The maximum Gasteiger partial charge on any atom is 0.308 e. The summed E-state index contributed by atoms with van der Waals surface area (Å²) in [6.07, 6.45) is 0.376. The molecule has 3 amide bonds. The summed E-state index contributed by atoms with van der Waals surface area (Å²) in [5, 5.41) is 39.7. The molecule has 13 N–H and O–H groups in total. The molecule has 99 heavy (non-hydrogen) atoms. The van der Waals surface area contributed by atoms with E-state index >= 15 is 0 Å². The number of carboxylic acids is 3. The van der Waals surface area contributed by atoms with E-state index < -0.39 is 96.1 Å². The van der Waals surface area contributed by atoms with E-state index in [1.807, 2.05) is 78.9 Å². The summed E-state index contributed by atoms with van der Waals surface area (Å²) in [5.41, 5.74) is 18.0. The Kier molecular flexibility index (Phi) is 24.9. The first-order chi connectivity index (χ1) is 47.5. The number of ether oxygens (including phenoxy) is 1. The molecule has 10 rings (SSSR count). The van der Waals surface area contributed by atoms with Gasteiger partial charge in [-0.15, -0.1) is 11.6 Å². The third-order valence-electron chi connectivity index (χ3n) is 16.4. The summed E-state index contributed by atoms with van der Waals surface area (Å²) < 4.78 is 5.55. The molecule has 0 spiro atoms. The van der Waals surface area contributed by atoms with Crippen LogP contribution in [0.25, 0.3) is 43.7 Å². The first-order valence-electron chi connectivity index (χ1n) is 31.4. The molecule has 27 nitrogen and oxygen atoms in total. The van der Waals surface area contributed by atoms with Crippen LogP contribution in [0, 0.1) is 11.8 Å². The summed E-state index contributed by atoms with van der Waals surface area (Å²) in [4.78, 5) is 160. The summed E-state index contributed by atoms with van der Waals surface area (Å²) in [6.45, 7) is 2.01. The minimum atomic E-state index is -1.57. The van der Waals surface area contributed by atoms with Crippen molar-refractivity contribution in [1.29, 1.82) is 0 Å². The van der Waals surface area contributed by atoms with Crippen LogP contribution in [0.3, 0.4) is 0 Å². The molecule has 516 valence electrons. The number of aliphatic carboxylic acids is 3. The largest absolute Gasteiger partial charge is 0.481 e. The standard InChI is InChI=1S/C35H45N9O11S2.C34H26ClN3O4/c1-38-10-11-56-57-17-21(34(54)55)13-26(46)24(14-28(48)49)42-31(50)23(36)16-39-27(47)9-7-20(33(52)53)12-25(45)19-5-2-18(3-6-19)4-8-22-15-40-30-29(41-22)32(51)44-35(37)43-30;1-19(39)42-32-16-30-33(25-8-4-3-7-24(25)32)23(17-35)18-38(30)34(41)29-15-22-12-20(10-11-27(22)37-29)13-31(40)28-14-21-6-2-5-9-26(21)36-28/h2-3,5-6,15,20-21,23-24,38H,4,7-14,16-17,36H2,1H3,(H,39,47)(H,42,50)(H,48,49)(H,52,53)(H,54,55)(H3,37,40,43,44,51);2-12,14-16,23,36-37H,13,17-18H2,1H3. The number of ketones is 3. The Hall–Kier alpha value is -10.3. The maximum absolute atomic E-state index is 13.9. The number of para-hydroxylation sites is 1. The fraction of sp³-hybridized carbons (Fsp3) is 0.304. The van der Waals surface area contributed by atoms with Gasteiger partial charge in [0.1, 0.15) is 17.5 Å². The number of hydrogen-bond donors (Lipinski definition) is 11. The van der Waals surface area contributed by atoms with Crippen molar-refractivity contribution >= 4 is 148 Å². The molecule has 1 aliphatic heterocycles. The van der Waals surface area contributed by atoms with Crippen LogP contribution in [-0.4, -0.2) is 160 Å². The fourth-order valence-corrected chi connectivity index (χ4v) is 13.8. The second-order valence-electron chi connectivity index (χ2n) is 23.6. The van der Waals surface area contributed by atoms with Gasteiger partial charge in [0.2, 0.25) is 17.8 Å². The molecule has 9 aromatic rings. The van der Waals surface area contributed by atoms with E-state index in [0.717, 1.165) is 49.3 Å². The molecular formula is C69H71ClN12O15S2. The van der Waals surface area contributed by atoms with Crippen molar-refractivity contribution in [1.82, 2.24) is 45.9 Å². The average molecular weight is 1410 g/mol. The lowest BCUT2D eigenvalue weighted by atomic mass is 9.93. The number of nitrogens with one attached hydrogen (secondary N) is 6. The van der Waals surface area contributed by atoms with Gasteiger partial charge in [-0.25, -0.2) is 9.97 Å². The third-order valence-corrected chi connectivity index (χ3v) is 19.2. The van der Waals surface area contributed by atoms with Crippen molar-refractivity contribution in [3.63, 3.8) is 0 Å². The van der Waals surface area contributed by atoms with Gasteiger partial charge in [0.25, 0.3) is 11.5 Å². The number of carbonyl (C=O) groups excluding carboxylic acids is 7. The van der Waals surface area contributed by atoms with Crippen LogP contribution in [0.2, 0.25) is 0 Å². The molecule has 0 saturated heterocycles. The number of esters is 1. The van der Waals surface area contributed by atoms with Crippen molar-refractivity contribution in [2.24, 2.45) is 17.6 Å². The average Bonchev–Trinajstić information content (AvgIpc) is 1.61. The van der Waals surface area contributed by atoms with Gasteiger partial charge in [-0.3, -0.25) is 57.7 Å². The van der Waals surface area contributed by atoms with E-state index in [9.17, 15) is 68.1 Å². The second kappa shape index (κ2) is 33.8. The zero-order chi connectivity index (χ0) is 71.0. The van der Waals surface area contributed by atoms with Crippen LogP contribution in [-0.2, 0) is 52.8 Å². The molecule has 5 aromatic carbocycles. The van der Waals surface area contributed by atoms with E-state index in [0.29, 0.717) is 66.1 Å². The predicted octanol–water partition coefficient (Wildman–Crippen LogP) is 6.93. The number of nitrogens with two attached hydrogens (primary N) is 2. The van der Waals surface area contributed by atoms with E-state index in [1.54, 1.807) is 42.3 Å². The molecule has 4 aromatic heterocycles. The highest BCUT2D eigenvalue weighted by Crippen LogP contribution is 2.46. The Labute approximate surface area is 577 Å². The topological polar surface area (TPSA) is 435 Å². The Morgan fingerprint density at radius 3 is 2.17 bits per heavy atom. The van der Waals surface area contributed by atoms with Crippen molar-refractivity contribution < 1.29 is 68.0 Å². The zero-order valence-electron chi connectivity index (χ0n) is 53.6. The van der Waals surface area contributed by atoms with Gasteiger partial charge in [0, 0.05) is 114 Å². The highest BCUT2D eigenvalue weighted by Gasteiger charge is 2.37. The number of nitrogens with zero attached hydrogens (tertiary/aromatic N) is 4. The molecule has 0 bridgehead atoms. The number of fused-ring (bicyclic) bond motifs is 6. The maximum atomic E-state index is 13.9. The number of aromatic amines is 3. The summed E-state index contributed by atoms with van der Waals surface area (Å²) >= 11 is 6.41. The Morgan fingerprint density at radius 2 is 1.46 bits per heavy atom. The lowest BCUT2D eigenvalue weighted by molar-refractivity contribution is -0.144. The highest BCUT2D eigenvalue weighted by atomic mass is 35.5. The van der Waals surface area contributed by atoms with E-state index in [-0.39, 0.29) is 71.7 Å². The molecule has 0 radical (unpaired) electrons. The van der Waals surface area contributed by atoms with Gasteiger partial charge < -0.3 is 62.3 Å². The quantitative estimate of drug-likeness (QED) is 0.00508. The molecule has 0 saturated carbocycles. The van der Waals surface area contributed by atoms with E-state index in [4.69, 9.17) is 27.8 Å². The van der Waals surface area contributed by atoms with Gasteiger partial charge >= 0.3 is 23.9 Å². The Bertz CT molecular complexity index is 4590. The number of carbonyl (C=O) groups is 10. The normalized spacial score (nSPS) is 13.8. The SMILES string of the molecule is CC(=O)Oc1cc2c(c3ccccc13)C(CCl)CN2C(=O)c1cc2cc(CC(=O)c3cc4ccccc4[nH]3)ccc2[nH]1.CNCCSSCC(CC(=O)C(CC(=O)O)NC(=O)C(N)CNC(=O)CCC(CC(=O)c1ccc(CCc2cnc3nc(N)[nH]c(=O)c3n2)cc1)C(=O)O)C(=O)O. The Morgan fingerprint density at radius 1 is 0.768 bits per heavy atom. The fourth-order valence-electron chi connectivity index (χ4n) is 11.2. The number of aryl methyl sites for hydroxylation is 2. The van der Waals surface area contributed by atoms with Crippen LogP contribution in [0.15, 0.2) is 120 Å². The zero-order valence-corrected chi connectivity index (χ0v) is 56.0. The van der Waals surface area contributed by atoms with Gasteiger partial charge in [-0.2, -0.15) is 4.98 Å². The highest BCUT2D eigenvalue weighted by molar-refractivity contribution is 8.76. The lowest BCUT2D eigenvalue weighted by Gasteiger charge is -2.21. The number of H-pyrrole nitrogens is 3. The number of nitrogen functional groups attached to an aromatic ring is 1. The number of aromatic nitrogens is 6. The lowest BCUT2D eigenvalue weighted by Crippen LogP contribution is -2.53. The van der Waals surface area contributed by atoms with Gasteiger partial charge in [-0.1, -0.05) is 94.4 Å². The summed E-state index contributed by atoms with van der Waals surface area (Å²) in [7, 11) is 4.43. The van der Waals surface area contributed by atoms with Crippen LogP contribution < -0.4 is 42.6 Å². The van der Waals surface area contributed by atoms with Crippen molar-refractivity contribution in [2.75, 3.05) is 54.7 Å². The summed E-state index contributed by atoms with van der Waals surface area (Å²) in [6, 6.07) is 30.2. The number of alkyl halides is 1. The molecule has 5 heterocycles. The third kappa shape index (κ3) is 19.1. The minimum Gasteiger partial charge on any atom is -0.481 e. The van der Waals surface area contributed by atoms with Crippen LogP contribution in [0.1, 0.15) is 98.7 Å². The number of amides is 3. The van der Waals surface area contributed by atoms with E-state index in [2.05, 4.69) is 45.9 Å². The number of benzene rings is 5. The predicted molar refractivity (Wildman–Crippen MR) is 375 cm³/mol. The minimum absolute atomic E-state index is 0.00557. The van der Waals surface area contributed by atoms with Crippen molar-refractivity contribution in [3.05, 3.63) is 165 Å². The van der Waals surface area contributed by atoms with Crippen LogP contribution in [0.4, 0.5) is 11.6 Å². The molecule has 5 unspecified atom stereocenters. The number of rotatable bonds is 32. The van der Waals surface area contributed by atoms with Crippen LogP contribution in [0.5, 0.6) is 5.75 Å².